The summed E-state index contributed by atoms with van der Waals surface area (Å²) in [4.78, 5) is 3.93. The van der Waals surface area contributed by atoms with Crippen LogP contribution in [0.5, 0.6) is 0 Å². The fourth-order valence-electron chi connectivity index (χ4n) is 3.50. The lowest BCUT2D eigenvalue weighted by molar-refractivity contribution is -0.712. The quantitative estimate of drug-likeness (QED) is 0.409. The Morgan fingerprint density at radius 3 is 1.65 bits per heavy atom. The highest BCUT2D eigenvalue weighted by Gasteiger charge is 2.30. The van der Waals surface area contributed by atoms with Crippen molar-refractivity contribution in [3.8, 4) is 28.2 Å². The molecule has 0 aliphatic carbocycles. The van der Waals surface area contributed by atoms with Crippen LogP contribution in [0.4, 0.5) is 5.69 Å². The van der Waals surface area contributed by atoms with E-state index < -0.39 is 0 Å². The van der Waals surface area contributed by atoms with Gasteiger partial charge >= 0.3 is 0 Å². The van der Waals surface area contributed by atoms with Crippen molar-refractivity contribution in [1.29, 1.82) is 0 Å². The number of nitrogens with one attached hydrogen (secondary N) is 1. The first-order chi connectivity index (χ1) is 14.9. The van der Waals surface area contributed by atoms with Crippen LogP contribution in [0.15, 0.2) is 121 Å². The highest BCUT2D eigenvalue weighted by atomic mass is 16.0. The van der Waals surface area contributed by atoms with Crippen molar-refractivity contribution in [3.63, 3.8) is 0 Å². The van der Waals surface area contributed by atoms with Crippen LogP contribution < -0.4 is 10.2 Å². The smallest absolute Gasteiger partial charge is 0.260 e. The van der Waals surface area contributed by atoms with E-state index in [0.717, 1.165) is 33.9 Å². The van der Waals surface area contributed by atoms with Gasteiger partial charge in [0.1, 0.15) is 5.69 Å². The molecule has 0 saturated carbocycles. The molecule has 0 unspecified atom stereocenters. The zero-order chi connectivity index (χ0) is 20.2. The molecule has 5 heteroatoms. The molecule has 0 atom stereocenters. The summed E-state index contributed by atoms with van der Waals surface area (Å²) in [6, 6.07) is 41.0. The fourth-order valence-corrected chi connectivity index (χ4v) is 3.50. The number of para-hydroxylation sites is 2. The molecule has 0 fully saturated rings. The summed E-state index contributed by atoms with van der Waals surface area (Å²) in [5.41, 5.74) is 9.56. The Kier molecular flexibility index (Phi) is 5.87. The maximum atomic E-state index is 5.04. The van der Waals surface area contributed by atoms with Gasteiger partial charge in [0.25, 0.3) is 5.69 Å². The number of nitrogens with zero attached hydrogens (tertiary/aromatic N) is 3. The van der Waals surface area contributed by atoms with Gasteiger partial charge in [-0.05, 0) is 29.1 Å². The molecular weight excluding hydrogens is 384 g/mol. The minimum Gasteiger partial charge on any atom is -0.870 e. The van der Waals surface area contributed by atoms with Gasteiger partial charge in [-0.3, -0.25) is 0 Å². The van der Waals surface area contributed by atoms with Crippen LogP contribution >= 0.6 is 0 Å². The van der Waals surface area contributed by atoms with E-state index in [0.29, 0.717) is 0 Å². The first-order valence-electron chi connectivity index (χ1n) is 9.94. The van der Waals surface area contributed by atoms with Crippen molar-refractivity contribution in [2.24, 2.45) is 0 Å². The molecular formula is C26H22N4O. The summed E-state index contributed by atoms with van der Waals surface area (Å²) in [5, 5.41) is 5.04. The van der Waals surface area contributed by atoms with E-state index in [-0.39, 0.29) is 5.48 Å². The van der Waals surface area contributed by atoms with E-state index in [2.05, 4.69) is 54.0 Å². The Hall–Kier alpha value is -4.22. The topological polar surface area (TPSA) is 63.7 Å². The van der Waals surface area contributed by atoms with E-state index in [1.165, 1.54) is 0 Å². The normalized spacial score (nSPS) is 10.3. The van der Waals surface area contributed by atoms with E-state index in [1.54, 1.807) is 0 Å². The summed E-state index contributed by atoms with van der Waals surface area (Å²) in [6.07, 6.45) is 0. The lowest BCUT2D eigenvalue weighted by Crippen LogP contribution is -2.51. The summed E-state index contributed by atoms with van der Waals surface area (Å²) in [6.45, 7) is 0. The predicted molar refractivity (Wildman–Crippen MR) is 122 cm³/mol. The molecule has 0 aliphatic heterocycles. The molecule has 5 rings (SSSR count). The Morgan fingerprint density at radius 1 is 0.581 bits per heavy atom. The second-order valence-corrected chi connectivity index (χ2v) is 6.94. The number of hydrogen-bond donors (Lipinski definition) is 1. The Balaban J connectivity index is 0.00000231. The van der Waals surface area contributed by atoms with E-state index in [4.69, 9.17) is 5.10 Å². The van der Waals surface area contributed by atoms with Crippen LogP contribution in [0, 0.1) is 0 Å². The number of anilines is 1. The van der Waals surface area contributed by atoms with Crippen molar-refractivity contribution >= 4 is 5.69 Å². The largest absolute Gasteiger partial charge is 0.870 e. The van der Waals surface area contributed by atoms with Gasteiger partial charge in [-0.2, -0.15) is 0 Å². The minimum atomic E-state index is 0. The lowest BCUT2D eigenvalue weighted by atomic mass is 10.1. The molecule has 4 aromatic carbocycles. The molecule has 152 valence electrons. The second kappa shape index (κ2) is 9.07. The van der Waals surface area contributed by atoms with Crippen LogP contribution in [-0.4, -0.2) is 15.4 Å². The standard InChI is InChI=1S/C26H21N4.H2O/c1-5-13-21(14-6-1)25-26(22-15-7-2-8-16-22)30(27-23-17-9-3-10-18-23)29(28-25)24-19-11-4-12-20-24;/h1-20,27H;1H2/q+1;/p-1. The van der Waals surface area contributed by atoms with Crippen molar-refractivity contribution in [1.82, 2.24) is 9.90 Å². The van der Waals surface area contributed by atoms with E-state index >= 15 is 0 Å². The molecule has 0 bridgehead atoms. The average molecular weight is 406 g/mol. The van der Waals surface area contributed by atoms with Crippen molar-refractivity contribution < 1.29 is 10.3 Å². The third-order valence-corrected chi connectivity index (χ3v) is 4.91. The van der Waals surface area contributed by atoms with Gasteiger partial charge in [0.05, 0.1) is 10.8 Å². The van der Waals surface area contributed by atoms with Crippen molar-refractivity contribution in [2.45, 2.75) is 0 Å². The zero-order valence-electron chi connectivity index (χ0n) is 16.8. The number of hydrogen-bond acceptors (Lipinski definition) is 3. The molecule has 31 heavy (non-hydrogen) atoms. The van der Waals surface area contributed by atoms with Crippen LogP contribution in [0.3, 0.4) is 0 Å². The summed E-state index contributed by atoms with van der Waals surface area (Å²) in [7, 11) is 0. The van der Waals surface area contributed by atoms with Crippen molar-refractivity contribution in [3.05, 3.63) is 121 Å². The van der Waals surface area contributed by atoms with Gasteiger partial charge in [-0.1, -0.05) is 97.1 Å². The first kappa shape index (κ1) is 20.1. The number of aromatic nitrogens is 3. The summed E-state index contributed by atoms with van der Waals surface area (Å²) in [5.74, 6) is 0. The SMILES string of the molecule is [OH-].c1ccc(N[n+]2c(-c3ccccc3)c(-c3ccccc3)nn2-c2ccccc2)cc1. The maximum absolute atomic E-state index is 5.04. The van der Waals surface area contributed by atoms with Gasteiger partial charge in [-0.25, -0.2) is 5.43 Å². The zero-order valence-corrected chi connectivity index (χ0v) is 16.8. The van der Waals surface area contributed by atoms with E-state index in [1.807, 2.05) is 82.4 Å². The molecule has 1 aromatic heterocycles. The Bertz CT molecular complexity index is 1240. The first-order valence-corrected chi connectivity index (χ1v) is 9.94. The predicted octanol–water partition coefficient (Wildman–Crippen LogP) is 5.19. The van der Waals surface area contributed by atoms with Gasteiger partial charge in [0, 0.05) is 15.9 Å². The molecule has 0 radical (unpaired) electrons. The minimum absolute atomic E-state index is 0. The molecule has 5 nitrogen and oxygen atoms in total. The Morgan fingerprint density at radius 2 is 1.06 bits per heavy atom. The third-order valence-electron chi connectivity index (χ3n) is 4.91. The molecule has 2 N–H and O–H groups in total. The molecule has 1 heterocycles. The number of benzene rings is 4. The van der Waals surface area contributed by atoms with Gasteiger partial charge < -0.3 is 5.48 Å². The Labute approximate surface area is 181 Å². The highest BCUT2D eigenvalue weighted by molar-refractivity contribution is 5.75. The summed E-state index contributed by atoms with van der Waals surface area (Å²) >= 11 is 0. The maximum Gasteiger partial charge on any atom is 0.260 e. The van der Waals surface area contributed by atoms with Crippen LogP contribution in [0.1, 0.15) is 0 Å². The van der Waals surface area contributed by atoms with Crippen molar-refractivity contribution in [2.75, 3.05) is 5.43 Å². The second-order valence-electron chi connectivity index (χ2n) is 6.94. The molecule has 0 spiro atoms. The molecule has 0 amide bonds. The average Bonchev–Trinajstić information content (AvgIpc) is 3.20. The van der Waals surface area contributed by atoms with Crippen LogP contribution in [0.25, 0.3) is 28.2 Å². The van der Waals surface area contributed by atoms with Crippen LogP contribution in [0.2, 0.25) is 0 Å². The lowest BCUT2D eigenvalue weighted by Gasteiger charge is -2.08. The van der Waals surface area contributed by atoms with E-state index in [9.17, 15) is 0 Å². The molecule has 0 saturated heterocycles. The summed E-state index contributed by atoms with van der Waals surface area (Å²) < 4.78 is 0. The van der Waals surface area contributed by atoms with Gasteiger partial charge in [0.15, 0.2) is 0 Å². The molecule has 5 aromatic rings. The van der Waals surface area contributed by atoms with Gasteiger partial charge in [-0.15, -0.1) is 0 Å². The fraction of sp³-hybridized carbons (Fsp3) is 0. The van der Waals surface area contributed by atoms with Gasteiger partial charge in [0.2, 0.25) is 5.69 Å². The monoisotopic (exact) mass is 406 g/mol. The third kappa shape index (κ3) is 4.08. The number of rotatable bonds is 5. The van der Waals surface area contributed by atoms with Crippen LogP contribution in [-0.2, 0) is 0 Å². The highest BCUT2D eigenvalue weighted by Crippen LogP contribution is 2.28. The molecule has 0 aliphatic rings.